The number of nitrogens with zero attached hydrogens (tertiary/aromatic N) is 1. The normalized spacial score (nSPS) is 10.2. The SMILES string of the molecule is NC(=O)/C=N\OCc1ccccc1. The molecule has 1 aromatic rings. The zero-order valence-electron chi connectivity index (χ0n) is 7.01. The van der Waals surface area contributed by atoms with Gasteiger partial charge in [-0.25, -0.2) is 0 Å². The highest BCUT2D eigenvalue weighted by atomic mass is 16.6. The van der Waals surface area contributed by atoms with Crippen molar-refractivity contribution >= 4 is 12.1 Å². The highest BCUT2D eigenvalue weighted by molar-refractivity contribution is 6.25. The van der Waals surface area contributed by atoms with Crippen LogP contribution in [0.2, 0.25) is 0 Å². The molecule has 0 aromatic heterocycles. The van der Waals surface area contributed by atoms with Crippen molar-refractivity contribution in [3.63, 3.8) is 0 Å². The van der Waals surface area contributed by atoms with Crippen molar-refractivity contribution in [2.24, 2.45) is 10.9 Å². The highest BCUT2D eigenvalue weighted by Crippen LogP contribution is 1.99. The molecule has 0 saturated carbocycles. The number of oxime groups is 1. The van der Waals surface area contributed by atoms with E-state index in [1.807, 2.05) is 30.3 Å². The van der Waals surface area contributed by atoms with Crippen molar-refractivity contribution in [2.75, 3.05) is 0 Å². The van der Waals surface area contributed by atoms with E-state index in [-0.39, 0.29) is 0 Å². The second-order valence-corrected chi connectivity index (χ2v) is 2.40. The molecule has 0 radical (unpaired) electrons. The summed E-state index contributed by atoms with van der Waals surface area (Å²) in [6.45, 7) is 0.338. The molecule has 0 aliphatic rings. The second-order valence-electron chi connectivity index (χ2n) is 2.40. The summed E-state index contributed by atoms with van der Waals surface area (Å²) in [5.41, 5.74) is 5.79. The third-order valence-corrected chi connectivity index (χ3v) is 1.33. The van der Waals surface area contributed by atoms with Crippen molar-refractivity contribution in [1.29, 1.82) is 0 Å². The third-order valence-electron chi connectivity index (χ3n) is 1.33. The quantitative estimate of drug-likeness (QED) is 0.544. The van der Waals surface area contributed by atoms with Crippen LogP contribution in [0.15, 0.2) is 35.5 Å². The Bertz CT molecular complexity index is 296. The maximum Gasteiger partial charge on any atom is 0.263 e. The molecule has 13 heavy (non-hydrogen) atoms. The molecule has 4 heteroatoms. The monoisotopic (exact) mass is 178 g/mol. The Kier molecular flexibility index (Phi) is 3.50. The van der Waals surface area contributed by atoms with Crippen LogP contribution in [0.4, 0.5) is 0 Å². The zero-order valence-corrected chi connectivity index (χ0v) is 7.01. The predicted octanol–water partition coefficient (Wildman–Crippen LogP) is 0.674. The molecule has 0 saturated heterocycles. The van der Waals surface area contributed by atoms with E-state index in [0.29, 0.717) is 6.61 Å². The van der Waals surface area contributed by atoms with Crippen LogP contribution in [0.3, 0.4) is 0 Å². The first-order valence-corrected chi connectivity index (χ1v) is 3.78. The van der Waals surface area contributed by atoms with Gasteiger partial charge in [-0.2, -0.15) is 0 Å². The average molecular weight is 178 g/mol. The molecule has 0 bridgehead atoms. The Balaban J connectivity index is 2.32. The van der Waals surface area contributed by atoms with Gasteiger partial charge in [0.05, 0.1) is 0 Å². The van der Waals surface area contributed by atoms with Crippen molar-refractivity contribution < 1.29 is 9.63 Å². The maximum absolute atomic E-state index is 10.2. The van der Waals surface area contributed by atoms with Crippen LogP contribution in [-0.2, 0) is 16.2 Å². The summed E-state index contributed by atoms with van der Waals surface area (Å²) in [4.78, 5) is 15.0. The molecule has 0 aliphatic heterocycles. The summed E-state index contributed by atoms with van der Waals surface area (Å²) in [6, 6.07) is 9.52. The number of benzene rings is 1. The van der Waals surface area contributed by atoms with E-state index in [0.717, 1.165) is 11.8 Å². The van der Waals surface area contributed by atoms with E-state index in [1.54, 1.807) is 0 Å². The Morgan fingerprint density at radius 1 is 1.46 bits per heavy atom. The van der Waals surface area contributed by atoms with E-state index in [1.165, 1.54) is 0 Å². The molecule has 1 aromatic carbocycles. The van der Waals surface area contributed by atoms with Gasteiger partial charge in [0, 0.05) is 0 Å². The molecule has 0 aliphatic carbocycles. The van der Waals surface area contributed by atoms with E-state index >= 15 is 0 Å². The smallest absolute Gasteiger partial charge is 0.263 e. The van der Waals surface area contributed by atoms with Crippen molar-refractivity contribution in [3.05, 3.63) is 35.9 Å². The minimum absolute atomic E-state index is 0.338. The largest absolute Gasteiger partial charge is 0.391 e. The number of carbonyl (C=O) groups excluding carboxylic acids is 1. The summed E-state index contributed by atoms with van der Waals surface area (Å²) in [5, 5.41) is 3.37. The van der Waals surface area contributed by atoms with Crippen molar-refractivity contribution in [1.82, 2.24) is 0 Å². The molecule has 0 spiro atoms. The van der Waals surface area contributed by atoms with Gasteiger partial charge in [-0.1, -0.05) is 35.5 Å². The third kappa shape index (κ3) is 3.91. The van der Waals surface area contributed by atoms with Crippen molar-refractivity contribution in [2.45, 2.75) is 6.61 Å². The first-order chi connectivity index (χ1) is 6.29. The summed E-state index contributed by atoms with van der Waals surface area (Å²) >= 11 is 0. The number of carbonyl (C=O) groups is 1. The molecule has 1 amide bonds. The van der Waals surface area contributed by atoms with Crippen LogP contribution in [0.1, 0.15) is 5.56 Å². The molecule has 1 rings (SSSR count). The van der Waals surface area contributed by atoms with Crippen LogP contribution in [-0.4, -0.2) is 12.1 Å². The second kappa shape index (κ2) is 4.92. The predicted molar refractivity (Wildman–Crippen MR) is 48.9 cm³/mol. The number of nitrogens with two attached hydrogens (primary N) is 1. The Hall–Kier alpha value is -1.84. The molecule has 0 atom stereocenters. The lowest BCUT2D eigenvalue weighted by molar-refractivity contribution is -0.111. The van der Waals surface area contributed by atoms with E-state index < -0.39 is 5.91 Å². The van der Waals surface area contributed by atoms with Gasteiger partial charge in [0.1, 0.15) is 12.8 Å². The Morgan fingerprint density at radius 3 is 2.77 bits per heavy atom. The molecule has 0 heterocycles. The molecular weight excluding hydrogens is 168 g/mol. The summed E-state index contributed by atoms with van der Waals surface area (Å²) in [7, 11) is 0. The summed E-state index contributed by atoms with van der Waals surface area (Å²) in [6.07, 6.45) is 0.933. The van der Waals surface area contributed by atoms with Crippen molar-refractivity contribution in [3.8, 4) is 0 Å². The van der Waals surface area contributed by atoms with Crippen LogP contribution in [0.5, 0.6) is 0 Å². The molecule has 0 fully saturated rings. The van der Waals surface area contributed by atoms with Gasteiger partial charge in [0.2, 0.25) is 0 Å². The standard InChI is InChI=1S/C9H10N2O2/c10-9(12)6-11-13-7-8-4-2-1-3-5-8/h1-6H,7H2,(H2,10,12)/b11-6-. The summed E-state index contributed by atoms with van der Waals surface area (Å²) < 4.78 is 0. The van der Waals surface area contributed by atoms with Gasteiger partial charge in [-0.15, -0.1) is 0 Å². The van der Waals surface area contributed by atoms with Gasteiger partial charge in [0.25, 0.3) is 5.91 Å². The molecule has 0 unspecified atom stereocenters. The average Bonchev–Trinajstić information content (AvgIpc) is 2.14. The zero-order chi connectivity index (χ0) is 9.52. The lowest BCUT2D eigenvalue weighted by Gasteiger charge is -1.97. The Morgan fingerprint density at radius 2 is 2.15 bits per heavy atom. The first kappa shape index (κ1) is 9.25. The number of hydrogen-bond acceptors (Lipinski definition) is 3. The van der Waals surface area contributed by atoms with Gasteiger partial charge >= 0.3 is 0 Å². The van der Waals surface area contributed by atoms with Gasteiger partial charge in [-0.3, -0.25) is 4.79 Å². The lowest BCUT2D eigenvalue weighted by Crippen LogP contribution is -2.11. The van der Waals surface area contributed by atoms with Gasteiger partial charge < -0.3 is 10.6 Å². The topological polar surface area (TPSA) is 64.7 Å². The molecule has 2 N–H and O–H groups in total. The lowest BCUT2D eigenvalue weighted by atomic mass is 10.2. The van der Waals surface area contributed by atoms with E-state index in [9.17, 15) is 4.79 Å². The van der Waals surface area contributed by atoms with Gasteiger partial charge in [-0.05, 0) is 5.56 Å². The fourth-order valence-electron chi connectivity index (χ4n) is 0.775. The van der Waals surface area contributed by atoms with Gasteiger partial charge in [0.15, 0.2) is 0 Å². The Labute approximate surface area is 76.0 Å². The van der Waals surface area contributed by atoms with Crippen LogP contribution < -0.4 is 5.73 Å². The van der Waals surface area contributed by atoms with Crippen LogP contribution in [0, 0.1) is 0 Å². The number of amides is 1. The molecule has 4 nitrogen and oxygen atoms in total. The minimum atomic E-state index is -0.618. The van der Waals surface area contributed by atoms with E-state index in [2.05, 4.69) is 5.16 Å². The first-order valence-electron chi connectivity index (χ1n) is 3.78. The molecular formula is C9H10N2O2. The van der Waals surface area contributed by atoms with E-state index in [4.69, 9.17) is 10.6 Å². The summed E-state index contributed by atoms with van der Waals surface area (Å²) in [5.74, 6) is -0.618. The fourth-order valence-corrected chi connectivity index (χ4v) is 0.775. The number of primary amides is 1. The fraction of sp³-hybridized carbons (Fsp3) is 0.111. The number of hydrogen-bond donors (Lipinski definition) is 1. The highest BCUT2D eigenvalue weighted by Gasteiger charge is 1.89. The van der Waals surface area contributed by atoms with Crippen LogP contribution >= 0.6 is 0 Å². The molecule has 68 valence electrons. The maximum atomic E-state index is 10.2. The van der Waals surface area contributed by atoms with Crippen LogP contribution in [0.25, 0.3) is 0 Å². The number of rotatable bonds is 4. The minimum Gasteiger partial charge on any atom is -0.391 e.